The number of ketones is 1. The summed E-state index contributed by atoms with van der Waals surface area (Å²) in [6, 6.07) is 3.18. The van der Waals surface area contributed by atoms with Gasteiger partial charge in [-0.25, -0.2) is 9.29 Å². The average molecular weight is 409 g/mol. The van der Waals surface area contributed by atoms with E-state index in [1.165, 1.54) is 25.3 Å². The molecule has 153 valence electrons. The first-order chi connectivity index (χ1) is 13.1. The van der Waals surface area contributed by atoms with Gasteiger partial charge in [0.25, 0.3) is 10.0 Å². The predicted molar refractivity (Wildman–Crippen MR) is 101 cm³/mol. The van der Waals surface area contributed by atoms with Crippen LogP contribution in [0.3, 0.4) is 0 Å². The van der Waals surface area contributed by atoms with Crippen molar-refractivity contribution in [1.82, 2.24) is 14.6 Å². The van der Waals surface area contributed by atoms with Gasteiger partial charge in [0.1, 0.15) is 6.04 Å². The second-order valence-corrected chi connectivity index (χ2v) is 8.65. The van der Waals surface area contributed by atoms with Gasteiger partial charge >= 0.3 is 0 Å². The molecule has 0 aromatic carbocycles. The highest BCUT2D eigenvalue weighted by atomic mass is 32.2. The van der Waals surface area contributed by atoms with Crippen molar-refractivity contribution < 1.29 is 22.8 Å². The number of aromatic nitrogens is 1. The Morgan fingerprint density at radius 2 is 2.11 bits per heavy atom. The van der Waals surface area contributed by atoms with Gasteiger partial charge in [0.2, 0.25) is 11.8 Å². The van der Waals surface area contributed by atoms with Crippen LogP contribution in [-0.2, 0) is 24.4 Å². The third-order valence-electron chi connectivity index (χ3n) is 4.66. The van der Waals surface area contributed by atoms with Crippen LogP contribution < -0.4 is 11.1 Å². The minimum Gasteiger partial charge on any atom is -0.369 e. The first-order valence-electron chi connectivity index (χ1n) is 9.02. The van der Waals surface area contributed by atoms with Crippen molar-refractivity contribution in [2.24, 2.45) is 11.7 Å². The quantitative estimate of drug-likeness (QED) is 0.647. The van der Waals surface area contributed by atoms with Gasteiger partial charge in [0, 0.05) is 18.2 Å². The van der Waals surface area contributed by atoms with Crippen LogP contribution in [0.1, 0.15) is 33.1 Å². The van der Waals surface area contributed by atoms with E-state index in [0.29, 0.717) is 10.7 Å². The van der Waals surface area contributed by atoms with Crippen LogP contribution in [0.4, 0.5) is 0 Å². The summed E-state index contributed by atoms with van der Waals surface area (Å²) in [6.45, 7) is 3.38. The van der Waals surface area contributed by atoms with Crippen LogP contribution in [0.2, 0.25) is 0 Å². The smallest absolute Gasteiger partial charge is 0.284 e. The second-order valence-electron chi connectivity index (χ2n) is 6.89. The number of nitrogens with zero attached hydrogens (tertiary/aromatic N) is 2. The molecule has 3 atom stereocenters. The van der Waals surface area contributed by atoms with Crippen molar-refractivity contribution in [3.05, 3.63) is 30.8 Å². The molecule has 0 bridgehead atoms. The Kier molecular flexibility index (Phi) is 7.25. The minimum absolute atomic E-state index is 0.0160. The van der Waals surface area contributed by atoms with Crippen molar-refractivity contribution in [1.29, 1.82) is 0 Å². The molecule has 1 radical (unpaired) electrons. The number of carbonyl (C=O) groups excluding carboxylic acids is 3. The summed E-state index contributed by atoms with van der Waals surface area (Å²) in [5.41, 5.74) is 5.20. The average Bonchev–Trinajstić information content (AvgIpc) is 2.82. The largest absolute Gasteiger partial charge is 0.369 e. The zero-order chi connectivity index (χ0) is 20.9. The van der Waals surface area contributed by atoms with Crippen molar-refractivity contribution in [3.63, 3.8) is 0 Å². The van der Waals surface area contributed by atoms with E-state index in [4.69, 9.17) is 5.73 Å². The number of hydrogen-bond donors (Lipinski definition) is 2. The molecule has 3 N–H and O–H groups in total. The van der Waals surface area contributed by atoms with E-state index in [1.54, 1.807) is 6.07 Å². The number of rotatable bonds is 7. The first-order valence-corrected chi connectivity index (χ1v) is 10.5. The Bertz CT molecular complexity index is 828. The van der Waals surface area contributed by atoms with Gasteiger partial charge in [-0.2, -0.15) is 8.42 Å². The molecule has 2 rings (SSSR count). The summed E-state index contributed by atoms with van der Waals surface area (Å²) in [5.74, 6) is -2.51. The molecule has 1 fully saturated rings. The topological polar surface area (TPSA) is 140 Å². The van der Waals surface area contributed by atoms with Crippen LogP contribution in [0.15, 0.2) is 29.4 Å². The molecule has 0 aliphatic carbocycles. The molecule has 28 heavy (non-hydrogen) atoms. The number of Topliss-reactive ketones (excluding diaryl/α,β-unsaturated/α-hetero) is 1. The Morgan fingerprint density at radius 3 is 2.71 bits per heavy atom. The summed E-state index contributed by atoms with van der Waals surface area (Å²) >= 11 is 0. The fourth-order valence-electron chi connectivity index (χ4n) is 2.84. The van der Waals surface area contributed by atoms with E-state index < -0.39 is 39.6 Å². The van der Waals surface area contributed by atoms with E-state index in [9.17, 15) is 22.8 Å². The highest BCUT2D eigenvalue weighted by molar-refractivity contribution is 7.89. The van der Waals surface area contributed by atoms with Gasteiger partial charge in [-0.15, -0.1) is 0 Å². The fraction of sp³-hybridized carbons (Fsp3) is 0.500. The lowest BCUT2D eigenvalue weighted by Crippen LogP contribution is -2.50. The van der Waals surface area contributed by atoms with E-state index >= 15 is 0 Å². The number of nitrogens with two attached hydrogens (primary N) is 1. The lowest BCUT2D eigenvalue weighted by molar-refractivity contribution is -0.131. The summed E-state index contributed by atoms with van der Waals surface area (Å²) in [7, 11) is -4.36. The van der Waals surface area contributed by atoms with Crippen LogP contribution in [0.5, 0.6) is 0 Å². The predicted octanol–water partition coefficient (Wildman–Crippen LogP) is 0.0243. The number of carbonyl (C=O) groups is 3. The molecule has 1 aliphatic heterocycles. The van der Waals surface area contributed by atoms with Crippen molar-refractivity contribution >= 4 is 27.6 Å². The van der Waals surface area contributed by atoms with E-state index in [0.717, 1.165) is 6.42 Å². The van der Waals surface area contributed by atoms with Crippen molar-refractivity contribution in [2.75, 3.05) is 6.54 Å². The molecule has 10 heteroatoms. The maximum atomic E-state index is 13.1. The van der Waals surface area contributed by atoms with Crippen LogP contribution in [0.25, 0.3) is 0 Å². The lowest BCUT2D eigenvalue weighted by atomic mass is 10.0. The zero-order valence-electron chi connectivity index (χ0n) is 15.9. The minimum atomic E-state index is -4.36. The lowest BCUT2D eigenvalue weighted by Gasteiger charge is -2.29. The van der Waals surface area contributed by atoms with Gasteiger partial charge in [-0.05, 0) is 38.3 Å². The second kappa shape index (κ2) is 9.24. The molecule has 1 aromatic rings. The molecule has 2 amide bonds. The number of amides is 2. The maximum Gasteiger partial charge on any atom is 0.284 e. The highest BCUT2D eigenvalue weighted by Crippen LogP contribution is 2.23. The molecular formula is C18H25N4O5S. The third-order valence-corrected chi connectivity index (χ3v) is 6.38. The molecule has 9 nitrogen and oxygen atoms in total. The number of primary amides is 1. The van der Waals surface area contributed by atoms with Gasteiger partial charge in [0.05, 0.1) is 13.0 Å². The normalized spacial score (nSPS) is 21.6. The van der Waals surface area contributed by atoms with E-state index in [2.05, 4.69) is 10.3 Å². The Hall–Kier alpha value is -2.33. The standard InChI is InChI=1S/C18H25N4O5S/c1-12(18(19)25)6-9-17(24)22(14-8-7-13(2)21-11-15(14)23)28(26,27)16-5-3-4-10-20-16/h3-5,9-10,12-14,21H,6-8,11H2,1-2H3,(H2,19,25)/t12-,13+,14-/m0/s1. The Morgan fingerprint density at radius 1 is 1.39 bits per heavy atom. The number of hydrogen-bond acceptors (Lipinski definition) is 7. The maximum absolute atomic E-state index is 13.1. The number of nitrogens with one attached hydrogen (secondary N) is 1. The summed E-state index contributed by atoms with van der Waals surface area (Å²) in [5, 5.41) is 2.68. The molecular weight excluding hydrogens is 384 g/mol. The zero-order valence-corrected chi connectivity index (χ0v) is 16.7. The summed E-state index contributed by atoms with van der Waals surface area (Å²) in [6.07, 6.45) is 3.08. The molecule has 2 heterocycles. The van der Waals surface area contributed by atoms with Gasteiger partial charge < -0.3 is 11.1 Å². The monoisotopic (exact) mass is 409 g/mol. The number of pyridine rings is 1. The molecule has 0 unspecified atom stereocenters. The molecule has 1 aliphatic rings. The summed E-state index contributed by atoms with van der Waals surface area (Å²) < 4.78 is 26.9. The van der Waals surface area contributed by atoms with E-state index in [1.807, 2.05) is 6.92 Å². The SMILES string of the molecule is C[C@@H]1CC[C@H](N(C(=O)[CH]C[C@H](C)C(N)=O)S(=O)(=O)c2ccccn2)C(=O)CN1. The van der Waals surface area contributed by atoms with Gasteiger partial charge in [-0.3, -0.25) is 14.4 Å². The molecule has 0 spiro atoms. The van der Waals surface area contributed by atoms with Gasteiger partial charge in [-0.1, -0.05) is 13.0 Å². The van der Waals surface area contributed by atoms with Crippen LogP contribution in [-0.4, -0.2) is 53.9 Å². The van der Waals surface area contributed by atoms with E-state index in [-0.39, 0.29) is 30.5 Å². The molecule has 1 saturated heterocycles. The highest BCUT2D eigenvalue weighted by Gasteiger charge is 2.40. The fourth-order valence-corrected chi connectivity index (χ4v) is 4.35. The first kappa shape index (κ1) is 22.0. The molecule has 0 saturated carbocycles. The van der Waals surface area contributed by atoms with Crippen LogP contribution >= 0.6 is 0 Å². The Balaban J connectivity index is 2.39. The van der Waals surface area contributed by atoms with Crippen LogP contribution in [0, 0.1) is 12.3 Å². The molecule has 1 aromatic heterocycles. The Labute approximate surface area is 164 Å². The van der Waals surface area contributed by atoms with Gasteiger partial charge in [0.15, 0.2) is 10.8 Å². The van der Waals surface area contributed by atoms with Crippen molar-refractivity contribution in [3.8, 4) is 0 Å². The number of sulfonamides is 1. The summed E-state index contributed by atoms with van der Waals surface area (Å²) in [4.78, 5) is 40.5. The van der Waals surface area contributed by atoms with Crippen molar-refractivity contribution in [2.45, 2.75) is 50.2 Å². The third kappa shape index (κ3) is 5.14.